The summed E-state index contributed by atoms with van der Waals surface area (Å²) in [4.78, 5) is 23.7. The smallest absolute Gasteiger partial charge is 0.323 e. The highest BCUT2D eigenvalue weighted by Gasteiger charge is 2.09. The predicted octanol–water partition coefficient (Wildman–Crippen LogP) is 5.02. The minimum absolute atomic E-state index is 0.0533. The fraction of sp³-hybridized carbons (Fsp3) is 0.0870. The first-order valence-corrected chi connectivity index (χ1v) is 9.39. The maximum atomic E-state index is 13.3. The second-order valence-corrected chi connectivity index (χ2v) is 6.76. The van der Waals surface area contributed by atoms with Crippen LogP contribution in [-0.2, 0) is 11.4 Å². The van der Waals surface area contributed by atoms with Crippen molar-refractivity contribution in [3.63, 3.8) is 0 Å². The molecule has 7 nitrogen and oxygen atoms in total. The van der Waals surface area contributed by atoms with Crippen molar-refractivity contribution in [3.05, 3.63) is 83.4 Å². The van der Waals surface area contributed by atoms with Crippen LogP contribution < -0.4 is 20.7 Å². The Kier molecular flexibility index (Phi) is 6.98. The van der Waals surface area contributed by atoms with Gasteiger partial charge in [-0.05, 0) is 60.2 Å². The summed E-state index contributed by atoms with van der Waals surface area (Å²) in [6, 6.07) is 15.3. The lowest BCUT2D eigenvalue weighted by molar-refractivity contribution is -0.114. The monoisotopic (exact) mass is 436 g/mol. The van der Waals surface area contributed by atoms with E-state index in [1.807, 2.05) is 6.07 Å². The number of benzene rings is 3. The van der Waals surface area contributed by atoms with Crippen molar-refractivity contribution in [1.29, 1.82) is 5.26 Å². The second-order valence-electron chi connectivity index (χ2n) is 6.76. The standard InChI is InChI=1S/C23H18F2N4O3/c1-14(30)27-19-6-16(13-32-22-4-2-15(12-26)3-5-22)7-20(11-19)28-23(31)29-21-9-17(24)8-18(25)10-21/h2-11H,13H2,1H3,(H,27,30)(H2,28,29,31). The molecule has 162 valence electrons. The van der Waals surface area contributed by atoms with Crippen LogP contribution in [0.2, 0.25) is 0 Å². The molecular weight excluding hydrogens is 418 g/mol. The summed E-state index contributed by atoms with van der Waals surface area (Å²) in [5.41, 5.74) is 1.82. The van der Waals surface area contributed by atoms with Crippen LogP contribution in [0.15, 0.2) is 60.7 Å². The number of nitriles is 1. The fourth-order valence-electron chi connectivity index (χ4n) is 2.83. The molecule has 0 heterocycles. The van der Waals surface area contributed by atoms with Gasteiger partial charge in [-0.25, -0.2) is 13.6 Å². The number of anilines is 3. The highest BCUT2D eigenvalue weighted by Crippen LogP contribution is 2.22. The lowest BCUT2D eigenvalue weighted by Crippen LogP contribution is -2.20. The summed E-state index contributed by atoms with van der Waals surface area (Å²) in [6.07, 6.45) is 0. The molecular formula is C23H18F2N4O3. The zero-order chi connectivity index (χ0) is 23.1. The zero-order valence-electron chi connectivity index (χ0n) is 16.9. The van der Waals surface area contributed by atoms with E-state index < -0.39 is 17.7 Å². The lowest BCUT2D eigenvalue weighted by atomic mass is 10.1. The van der Waals surface area contributed by atoms with Gasteiger partial charge in [0.05, 0.1) is 11.6 Å². The Morgan fingerprint density at radius 1 is 0.875 bits per heavy atom. The molecule has 9 heteroatoms. The van der Waals surface area contributed by atoms with Gasteiger partial charge in [0.15, 0.2) is 0 Å². The molecule has 0 aliphatic rings. The van der Waals surface area contributed by atoms with Crippen molar-refractivity contribution in [1.82, 2.24) is 0 Å². The van der Waals surface area contributed by atoms with E-state index in [1.54, 1.807) is 36.4 Å². The van der Waals surface area contributed by atoms with E-state index in [0.717, 1.165) is 12.1 Å². The Hall–Kier alpha value is -4.45. The normalized spacial score (nSPS) is 10.1. The predicted molar refractivity (Wildman–Crippen MR) is 115 cm³/mol. The van der Waals surface area contributed by atoms with Crippen LogP contribution in [0.5, 0.6) is 5.75 Å². The minimum Gasteiger partial charge on any atom is -0.489 e. The molecule has 0 aromatic heterocycles. The first-order valence-electron chi connectivity index (χ1n) is 9.39. The molecule has 0 bridgehead atoms. The number of nitrogens with one attached hydrogen (secondary N) is 3. The average molecular weight is 436 g/mol. The number of halogens is 2. The van der Waals surface area contributed by atoms with E-state index in [0.29, 0.717) is 34.3 Å². The number of ether oxygens (including phenoxy) is 1. The van der Waals surface area contributed by atoms with Crippen molar-refractivity contribution in [2.24, 2.45) is 0 Å². The topological polar surface area (TPSA) is 103 Å². The molecule has 32 heavy (non-hydrogen) atoms. The van der Waals surface area contributed by atoms with E-state index in [-0.39, 0.29) is 18.2 Å². The molecule has 3 aromatic rings. The Bertz CT molecular complexity index is 1170. The molecule has 0 fully saturated rings. The summed E-state index contributed by atoms with van der Waals surface area (Å²) in [5, 5.41) is 16.4. The molecule has 0 spiro atoms. The maximum Gasteiger partial charge on any atom is 0.323 e. The second kappa shape index (κ2) is 10.0. The molecule has 3 aromatic carbocycles. The van der Waals surface area contributed by atoms with Crippen LogP contribution in [0.4, 0.5) is 30.6 Å². The Morgan fingerprint density at radius 2 is 1.44 bits per heavy atom. The van der Waals surface area contributed by atoms with Crippen molar-refractivity contribution in [2.75, 3.05) is 16.0 Å². The molecule has 3 N–H and O–H groups in total. The third kappa shape index (κ3) is 6.53. The molecule has 0 aliphatic carbocycles. The summed E-state index contributed by atoms with van der Waals surface area (Å²) >= 11 is 0. The summed E-state index contributed by atoms with van der Waals surface area (Å²) < 4.78 is 32.3. The maximum absolute atomic E-state index is 13.3. The van der Waals surface area contributed by atoms with Crippen LogP contribution in [-0.4, -0.2) is 11.9 Å². The summed E-state index contributed by atoms with van der Waals surface area (Å²) in [7, 11) is 0. The molecule has 0 saturated carbocycles. The van der Waals surface area contributed by atoms with Crippen molar-refractivity contribution < 1.29 is 23.1 Å². The van der Waals surface area contributed by atoms with Gasteiger partial charge >= 0.3 is 6.03 Å². The minimum atomic E-state index is -0.824. The van der Waals surface area contributed by atoms with E-state index in [1.165, 1.54) is 13.0 Å². The van der Waals surface area contributed by atoms with Gasteiger partial charge in [0.1, 0.15) is 24.0 Å². The number of urea groups is 1. The average Bonchev–Trinajstić information content (AvgIpc) is 2.71. The van der Waals surface area contributed by atoms with E-state index in [9.17, 15) is 18.4 Å². The summed E-state index contributed by atoms with van der Waals surface area (Å²) in [6.45, 7) is 1.46. The van der Waals surface area contributed by atoms with Crippen LogP contribution >= 0.6 is 0 Å². The largest absolute Gasteiger partial charge is 0.489 e. The number of hydrogen-bond acceptors (Lipinski definition) is 4. The fourth-order valence-corrected chi connectivity index (χ4v) is 2.83. The van der Waals surface area contributed by atoms with Crippen LogP contribution in [0, 0.1) is 23.0 Å². The van der Waals surface area contributed by atoms with E-state index in [4.69, 9.17) is 10.00 Å². The third-order valence-corrected chi connectivity index (χ3v) is 4.08. The van der Waals surface area contributed by atoms with Crippen molar-refractivity contribution >= 4 is 29.0 Å². The Morgan fingerprint density at radius 3 is 2.00 bits per heavy atom. The van der Waals surface area contributed by atoms with Gasteiger partial charge < -0.3 is 20.7 Å². The Labute approximate surface area is 182 Å². The summed E-state index contributed by atoms with van der Waals surface area (Å²) in [5.74, 6) is -1.42. The van der Waals surface area contributed by atoms with Gasteiger partial charge in [-0.2, -0.15) is 5.26 Å². The first-order chi connectivity index (χ1) is 15.3. The van der Waals surface area contributed by atoms with Gasteiger partial charge in [-0.15, -0.1) is 0 Å². The molecule has 0 atom stereocenters. The third-order valence-electron chi connectivity index (χ3n) is 4.08. The number of hydrogen-bond donors (Lipinski definition) is 3. The first kappa shape index (κ1) is 22.2. The molecule has 3 amide bonds. The van der Waals surface area contributed by atoms with Gasteiger partial charge in [-0.1, -0.05) is 0 Å². The molecule has 0 saturated heterocycles. The van der Waals surface area contributed by atoms with Gasteiger partial charge in [0.25, 0.3) is 0 Å². The lowest BCUT2D eigenvalue weighted by Gasteiger charge is -2.13. The SMILES string of the molecule is CC(=O)Nc1cc(COc2ccc(C#N)cc2)cc(NC(=O)Nc2cc(F)cc(F)c2)c1. The zero-order valence-corrected chi connectivity index (χ0v) is 16.9. The molecule has 0 radical (unpaired) electrons. The van der Waals surface area contributed by atoms with E-state index in [2.05, 4.69) is 16.0 Å². The molecule has 3 rings (SSSR count). The number of carbonyl (C=O) groups is 2. The molecule has 0 aliphatic heterocycles. The number of nitrogens with zero attached hydrogens (tertiary/aromatic N) is 1. The van der Waals surface area contributed by atoms with Crippen LogP contribution in [0.1, 0.15) is 18.1 Å². The van der Waals surface area contributed by atoms with Gasteiger partial charge in [-0.3, -0.25) is 4.79 Å². The Balaban J connectivity index is 1.74. The van der Waals surface area contributed by atoms with Crippen molar-refractivity contribution in [2.45, 2.75) is 13.5 Å². The van der Waals surface area contributed by atoms with Gasteiger partial charge in [0, 0.05) is 30.1 Å². The quantitative estimate of drug-likeness (QED) is 0.505. The van der Waals surface area contributed by atoms with Crippen molar-refractivity contribution in [3.8, 4) is 11.8 Å². The number of carbonyl (C=O) groups excluding carboxylic acids is 2. The highest BCUT2D eigenvalue weighted by molar-refractivity contribution is 6.00. The number of rotatable bonds is 6. The van der Waals surface area contributed by atoms with Crippen LogP contribution in [0.3, 0.4) is 0 Å². The van der Waals surface area contributed by atoms with Gasteiger partial charge in [0.2, 0.25) is 5.91 Å². The van der Waals surface area contributed by atoms with E-state index >= 15 is 0 Å². The molecule has 0 unspecified atom stereocenters. The van der Waals surface area contributed by atoms with Crippen LogP contribution in [0.25, 0.3) is 0 Å². The number of amides is 3. The highest BCUT2D eigenvalue weighted by atomic mass is 19.1.